The van der Waals surface area contributed by atoms with Crippen molar-refractivity contribution in [1.82, 2.24) is 4.48 Å². The molecule has 30 heavy (non-hydrogen) atoms. The van der Waals surface area contributed by atoms with Crippen molar-refractivity contribution in [3.63, 3.8) is 0 Å². The van der Waals surface area contributed by atoms with Gasteiger partial charge in [0.1, 0.15) is 51.7 Å². The summed E-state index contributed by atoms with van der Waals surface area (Å²) in [6.07, 6.45) is 3.99. The summed E-state index contributed by atoms with van der Waals surface area (Å²) in [4.78, 5) is 12.8. The highest BCUT2D eigenvalue weighted by molar-refractivity contribution is 6.30. The van der Waals surface area contributed by atoms with Crippen molar-refractivity contribution < 1.29 is 18.4 Å². The quantitative estimate of drug-likeness (QED) is 0.432. The second-order valence-electron chi connectivity index (χ2n) is 9.59. The Morgan fingerprint density at radius 2 is 1.70 bits per heavy atom. The van der Waals surface area contributed by atoms with Crippen LogP contribution in [-0.2, 0) is 0 Å². The number of rotatable bonds is 6. The monoisotopic (exact) mass is 431 g/mol. The Bertz CT molecular complexity index is 941. The maximum atomic E-state index is 12.8. The highest BCUT2D eigenvalue weighted by Crippen LogP contribution is 2.28. The molecule has 0 aliphatic carbocycles. The lowest BCUT2D eigenvalue weighted by Crippen LogP contribution is -2.65. The molecule has 160 valence electrons. The van der Waals surface area contributed by atoms with Gasteiger partial charge in [0.25, 0.3) is 0 Å². The third-order valence-corrected chi connectivity index (χ3v) is 7.34. The number of pyridine rings is 1. The van der Waals surface area contributed by atoms with Gasteiger partial charge in [0.2, 0.25) is 0 Å². The Labute approximate surface area is 184 Å². The van der Waals surface area contributed by atoms with E-state index in [0.29, 0.717) is 0 Å². The van der Waals surface area contributed by atoms with Crippen molar-refractivity contribution in [2.75, 3.05) is 65.8 Å². The van der Waals surface area contributed by atoms with Crippen LogP contribution in [0.3, 0.4) is 0 Å². The average Bonchev–Trinajstić information content (AvgIpc) is 2.99. The molecule has 1 atom stereocenters. The first-order chi connectivity index (χ1) is 14.2. The van der Waals surface area contributed by atoms with E-state index in [1.165, 1.54) is 5.69 Å². The van der Waals surface area contributed by atoms with Gasteiger partial charge in [0, 0.05) is 30.0 Å². The Balaban J connectivity index is 1.28. The molecule has 1 aromatic heterocycles. The minimum absolute atomic E-state index is 0.0959. The lowest BCUT2D eigenvalue weighted by atomic mass is 10.1. The zero-order valence-electron chi connectivity index (χ0n) is 18.4. The zero-order chi connectivity index (χ0) is 21.4. The Hall–Kier alpha value is -1.99. The number of unbranched alkanes of at least 4 members (excludes halogenated alkanes) is 1. The SMILES string of the molecule is C[N+]1(CCCC[N+]2(C)Nc3cccc[n+]3C2=O)CC[N+](C)(c2cccc(Cl)c2)CC1. The molecular formula is C23H34ClN5O+4. The topological polar surface area (TPSA) is 33.0 Å². The number of anilines is 1. The van der Waals surface area contributed by atoms with Gasteiger partial charge >= 0.3 is 11.8 Å². The van der Waals surface area contributed by atoms with Crippen molar-refractivity contribution in [1.29, 1.82) is 0 Å². The number of hydrogen-bond donors (Lipinski definition) is 1. The van der Waals surface area contributed by atoms with Crippen LogP contribution in [0.5, 0.6) is 0 Å². The lowest BCUT2D eigenvalue weighted by molar-refractivity contribution is -0.913. The number of nitrogens with zero attached hydrogens (tertiary/aromatic N) is 4. The van der Waals surface area contributed by atoms with Gasteiger partial charge in [-0.3, -0.25) is 4.48 Å². The molecule has 2 aliphatic heterocycles. The summed E-state index contributed by atoms with van der Waals surface area (Å²) in [5, 5.41) is 0.816. The molecule has 0 bridgehead atoms. The maximum absolute atomic E-state index is 12.8. The molecule has 7 heteroatoms. The number of carbonyl (C=O) groups excluding carboxylic acids is 1. The van der Waals surface area contributed by atoms with E-state index in [2.05, 4.69) is 37.7 Å². The number of likely N-dealkylation sites (N-methyl/N-ethyl adjacent to an activating group) is 2. The zero-order valence-corrected chi connectivity index (χ0v) is 19.1. The summed E-state index contributed by atoms with van der Waals surface area (Å²) in [6, 6.07) is 14.2. The normalized spacial score (nSPS) is 30.7. The Morgan fingerprint density at radius 1 is 0.967 bits per heavy atom. The fourth-order valence-corrected chi connectivity index (χ4v) is 4.94. The average molecular weight is 432 g/mol. The van der Waals surface area contributed by atoms with Crippen molar-refractivity contribution >= 4 is 29.1 Å². The molecule has 2 aliphatic rings. The van der Waals surface area contributed by atoms with E-state index < -0.39 is 0 Å². The maximum Gasteiger partial charge on any atom is 0.555 e. The molecule has 2 aromatic rings. The van der Waals surface area contributed by atoms with Crippen LogP contribution in [0.15, 0.2) is 48.7 Å². The Morgan fingerprint density at radius 3 is 2.40 bits per heavy atom. The van der Waals surface area contributed by atoms with E-state index in [0.717, 1.165) is 71.9 Å². The summed E-state index contributed by atoms with van der Waals surface area (Å²) < 4.78 is 4.02. The van der Waals surface area contributed by atoms with E-state index in [9.17, 15) is 4.79 Å². The third kappa shape index (κ3) is 4.10. The van der Waals surface area contributed by atoms with Crippen LogP contribution in [0.4, 0.5) is 16.3 Å². The number of quaternary nitrogens is 3. The smallest absolute Gasteiger partial charge is 0.317 e. The molecule has 0 radical (unpaired) electrons. The minimum atomic E-state index is 0.0959. The van der Waals surface area contributed by atoms with E-state index in [4.69, 9.17) is 11.6 Å². The lowest BCUT2D eigenvalue weighted by Gasteiger charge is -2.46. The van der Waals surface area contributed by atoms with Gasteiger partial charge in [-0.1, -0.05) is 33.8 Å². The molecule has 3 heterocycles. The number of fused-ring (bicyclic) bond motifs is 1. The van der Waals surface area contributed by atoms with Crippen LogP contribution in [0.2, 0.25) is 5.02 Å². The highest BCUT2D eigenvalue weighted by Gasteiger charge is 2.50. The van der Waals surface area contributed by atoms with Crippen molar-refractivity contribution in [3.05, 3.63) is 53.7 Å². The minimum Gasteiger partial charge on any atom is -0.317 e. The summed E-state index contributed by atoms with van der Waals surface area (Å²) >= 11 is 6.23. The van der Waals surface area contributed by atoms with E-state index in [1.54, 1.807) is 4.57 Å². The van der Waals surface area contributed by atoms with Gasteiger partial charge < -0.3 is 4.48 Å². The molecular weight excluding hydrogens is 398 g/mol. The molecule has 1 fully saturated rings. The fraction of sp³-hybridized carbons (Fsp3) is 0.478. The highest BCUT2D eigenvalue weighted by atomic mass is 35.5. The number of amides is 1. The van der Waals surface area contributed by atoms with Gasteiger partial charge in [-0.05, 0) is 18.2 Å². The molecule has 1 unspecified atom stereocenters. The molecule has 0 saturated carbocycles. The van der Waals surface area contributed by atoms with Gasteiger partial charge in [0.15, 0.2) is 0 Å². The van der Waals surface area contributed by atoms with Crippen molar-refractivity contribution in [2.45, 2.75) is 12.8 Å². The van der Waals surface area contributed by atoms with Crippen LogP contribution in [-0.4, -0.2) is 75.5 Å². The van der Waals surface area contributed by atoms with Crippen LogP contribution in [0, 0.1) is 0 Å². The van der Waals surface area contributed by atoms with Gasteiger partial charge in [0.05, 0.1) is 20.6 Å². The summed E-state index contributed by atoms with van der Waals surface area (Å²) in [7, 11) is 6.67. The Kier molecular flexibility index (Phi) is 5.62. The number of benzene rings is 1. The molecule has 1 saturated heterocycles. The van der Waals surface area contributed by atoms with Gasteiger partial charge in [-0.15, -0.1) is 4.57 Å². The first kappa shape index (κ1) is 21.2. The van der Waals surface area contributed by atoms with Crippen LogP contribution in [0.25, 0.3) is 0 Å². The summed E-state index contributed by atoms with van der Waals surface area (Å²) in [5.41, 5.74) is 4.68. The molecule has 4 rings (SSSR count). The first-order valence-electron chi connectivity index (χ1n) is 10.9. The van der Waals surface area contributed by atoms with E-state index in [-0.39, 0.29) is 10.6 Å². The number of carbonyl (C=O) groups is 1. The summed E-state index contributed by atoms with van der Waals surface area (Å²) in [6.45, 7) is 6.52. The number of hydrogen-bond acceptors (Lipinski definition) is 2. The van der Waals surface area contributed by atoms with Gasteiger partial charge in [-0.2, -0.15) is 4.79 Å². The van der Waals surface area contributed by atoms with Crippen molar-refractivity contribution in [3.8, 4) is 0 Å². The predicted molar refractivity (Wildman–Crippen MR) is 121 cm³/mol. The van der Waals surface area contributed by atoms with Crippen LogP contribution >= 0.6 is 11.6 Å². The molecule has 0 spiro atoms. The fourth-order valence-electron chi connectivity index (χ4n) is 4.75. The summed E-state index contributed by atoms with van der Waals surface area (Å²) in [5.74, 6) is 0.873. The number of piperazine rings is 1. The number of aromatic nitrogens is 1. The van der Waals surface area contributed by atoms with Crippen LogP contribution in [0.1, 0.15) is 12.8 Å². The number of nitrogens with one attached hydrogen (secondary N) is 1. The second kappa shape index (κ2) is 7.93. The largest absolute Gasteiger partial charge is 0.555 e. The molecule has 1 aromatic carbocycles. The molecule has 1 amide bonds. The molecule has 1 N–H and O–H groups in total. The van der Waals surface area contributed by atoms with E-state index in [1.807, 2.05) is 37.5 Å². The standard InChI is InChI=1S/C23H33ClN5O/c1-27(15-17-28(2,18-16-27)21-10-8-9-20(24)19-21)13-6-7-14-29(3)23(30)26-12-5-4-11-22(26)25-29/h4-5,8-12,19H,6-7,13-18H2,1-3H3/q+3/p+1. The first-order valence-corrected chi connectivity index (χ1v) is 11.2. The second-order valence-corrected chi connectivity index (χ2v) is 10.0. The van der Waals surface area contributed by atoms with Gasteiger partial charge in [-0.25, -0.2) is 0 Å². The van der Waals surface area contributed by atoms with Crippen molar-refractivity contribution in [2.24, 2.45) is 0 Å². The third-order valence-electron chi connectivity index (χ3n) is 7.10. The predicted octanol–water partition coefficient (Wildman–Crippen LogP) is 3.26. The van der Waals surface area contributed by atoms with Crippen LogP contribution < -0.4 is 14.5 Å². The molecule has 6 nitrogen and oxygen atoms in total. The van der Waals surface area contributed by atoms with E-state index >= 15 is 0 Å². The number of halogens is 1.